The summed E-state index contributed by atoms with van der Waals surface area (Å²) in [6.45, 7) is 2.91. The van der Waals surface area contributed by atoms with Gasteiger partial charge in [-0.15, -0.1) is 0 Å². The van der Waals surface area contributed by atoms with E-state index in [0.717, 1.165) is 11.0 Å². The molecule has 0 aliphatic heterocycles. The molecule has 0 saturated heterocycles. The highest BCUT2D eigenvalue weighted by Gasteiger charge is 2.10. The Morgan fingerprint density at radius 3 is 2.10 bits per heavy atom. The lowest BCUT2D eigenvalue weighted by Gasteiger charge is -2.07. The van der Waals surface area contributed by atoms with E-state index in [1.165, 1.54) is 10.8 Å². The number of ether oxygens (including phenoxy) is 1. The standard InChI is InChI=1S/C17H17NO2/c1-2-20-17(19)11-12-18-15-9-5-3-7-13(15)14-8-4-6-10-16(14)18/h3-10H,2,11-12H2,1H3. The van der Waals surface area contributed by atoms with E-state index in [2.05, 4.69) is 28.8 Å². The fraction of sp³-hybridized carbons (Fsp3) is 0.235. The van der Waals surface area contributed by atoms with Gasteiger partial charge in [0.05, 0.1) is 13.0 Å². The molecule has 3 heteroatoms. The molecule has 0 atom stereocenters. The molecule has 3 nitrogen and oxygen atoms in total. The number of aromatic nitrogens is 1. The van der Waals surface area contributed by atoms with Crippen LogP contribution in [0.5, 0.6) is 0 Å². The number of fused-ring (bicyclic) bond motifs is 3. The van der Waals surface area contributed by atoms with Gasteiger partial charge in [-0.25, -0.2) is 0 Å². The average molecular weight is 267 g/mol. The van der Waals surface area contributed by atoms with E-state index < -0.39 is 0 Å². The highest BCUT2D eigenvalue weighted by molar-refractivity contribution is 6.07. The second-order valence-electron chi connectivity index (χ2n) is 4.74. The van der Waals surface area contributed by atoms with Gasteiger partial charge in [0.2, 0.25) is 0 Å². The van der Waals surface area contributed by atoms with Gasteiger partial charge in [0.15, 0.2) is 0 Å². The van der Waals surface area contributed by atoms with Crippen LogP contribution in [0.1, 0.15) is 13.3 Å². The number of carbonyl (C=O) groups excluding carboxylic acids is 1. The Morgan fingerprint density at radius 2 is 1.55 bits per heavy atom. The van der Waals surface area contributed by atoms with Crippen molar-refractivity contribution in [1.29, 1.82) is 0 Å². The first-order valence-corrected chi connectivity index (χ1v) is 6.93. The first kappa shape index (κ1) is 12.7. The molecule has 0 bridgehead atoms. The molecule has 0 saturated carbocycles. The molecule has 0 aliphatic rings. The molecule has 3 aromatic rings. The molecular weight excluding hydrogens is 250 g/mol. The minimum atomic E-state index is -0.144. The maximum Gasteiger partial charge on any atom is 0.307 e. The molecule has 1 aromatic heterocycles. The Labute approximate surface area is 117 Å². The zero-order chi connectivity index (χ0) is 13.9. The van der Waals surface area contributed by atoms with Crippen molar-refractivity contribution in [1.82, 2.24) is 4.57 Å². The largest absolute Gasteiger partial charge is 0.466 e. The van der Waals surface area contributed by atoms with E-state index in [4.69, 9.17) is 4.74 Å². The predicted molar refractivity (Wildman–Crippen MR) is 80.7 cm³/mol. The van der Waals surface area contributed by atoms with Gasteiger partial charge in [-0.05, 0) is 19.1 Å². The van der Waals surface area contributed by atoms with Gasteiger partial charge in [-0.1, -0.05) is 36.4 Å². The molecule has 0 N–H and O–H groups in total. The summed E-state index contributed by atoms with van der Waals surface area (Å²) in [6.07, 6.45) is 0.399. The topological polar surface area (TPSA) is 31.2 Å². The Hall–Kier alpha value is -2.29. The van der Waals surface area contributed by atoms with Crippen LogP contribution >= 0.6 is 0 Å². The number of carbonyl (C=O) groups is 1. The van der Waals surface area contributed by atoms with Gasteiger partial charge in [-0.2, -0.15) is 0 Å². The van der Waals surface area contributed by atoms with Crippen molar-refractivity contribution >= 4 is 27.8 Å². The molecule has 0 amide bonds. The summed E-state index contributed by atoms with van der Waals surface area (Å²) in [5.74, 6) is -0.144. The number of aryl methyl sites for hydroxylation is 1. The van der Waals surface area contributed by atoms with Gasteiger partial charge >= 0.3 is 5.97 Å². The van der Waals surface area contributed by atoms with E-state index in [1.54, 1.807) is 0 Å². The van der Waals surface area contributed by atoms with Crippen LogP contribution in [0.3, 0.4) is 0 Å². The first-order chi connectivity index (χ1) is 9.81. The van der Waals surface area contributed by atoms with Gasteiger partial charge in [0.25, 0.3) is 0 Å². The first-order valence-electron chi connectivity index (χ1n) is 6.93. The summed E-state index contributed by atoms with van der Waals surface area (Å²) in [6, 6.07) is 16.6. The third-order valence-corrected chi connectivity index (χ3v) is 3.52. The third kappa shape index (κ3) is 2.16. The molecule has 3 rings (SSSR count). The summed E-state index contributed by atoms with van der Waals surface area (Å²) in [4.78, 5) is 11.6. The summed E-state index contributed by atoms with van der Waals surface area (Å²) in [5.41, 5.74) is 2.33. The normalized spacial score (nSPS) is 11.1. The van der Waals surface area contributed by atoms with Crippen molar-refractivity contribution in [3.8, 4) is 0 Å². The lowest BCUT2D eigenvalue weighted by molar-refractivity contribution is -0.143. The summed E-state index contributed by atoms with van der Waals surface area (Å²) >= 11 is 0. The van der Waals surface area contributed by atoms with Crippen LogP contribution in [0.4, 0.5) is 0 Å². The third-order valence-electron chi connectivity index (χ3n) is 3.52. The Morgan fingerprint density at radius 1 is 1.00 bits per heavy atom. The molecule has 0 aliphatic carbocycles. The molecule has 1 heterocycles. The van der Waals surface area contributed by atoms with E-state index >= 15 is 0 Å². The van der Waals surface area contributed by atoms with Crippen molar-refractivity contribution in [3.05, 3.63) is 48.5 Å². The number of hydrogen-bond donors (Lipinski definition) is 0. The number of hydrogen-bond acceptors (Lipinski definition) is 2. The number of esters is 1. The van der Waals surface area contributed by atoms with E-state index in [1.807, 2.05) is 31.2 Å². The molecule has 102 valence electrons. The van der Waals surface area contributed by atoms with Crippen molar-refractivity contribution in [2.45, 2.75) is 19.9 Å². The second-order valence-corrected chi connectivity index (χ2v) is 4.74. The quantitative estimate of drug-likeness (QED) is 0.674. The average Bonchev–Trinajstić information content (AvgIpc) is 2.80. The van der Waals surface area contributed by atoms with Crippen molar-refractivity contribution in [3.63, 3.8) is 0 Å². The highest BCUT2D eigenvalue weighted by atomic mass is 16.5. The Bertz CT molecular complexity index is 705. The van der Waals surface area contributed by atoms with Crippen LogP contribution in [0.25, 0.3) is 21.8 Å². The lowest BCUT2D eigenvalue weighted by Crippen LogP contribution is -2.08. The molecule has 20 heavy (non-hydrogen) atoms. The van der Waals surface area contributed by atoms with Gasteiger partial charge < -0.3 is 9.30 Å². The molecule has 2 aromatic carbocycles. The molecule has 0 spiro atoms. The fourth-order valence-electron chi connectivity index (χ4n) is 2.68. The van der Waals surface area contributed by atoms with Gasteiger partial charge in [0.1, 0.15) is 0 Å². The monoisotopic (exact) mass is 267 g/mol. The van der Waals surface area contributed by atoms with Gasteiger partial charge in [-0.3, -0.25) is 4.79 Å². The highest BCUT2D eigenvalue weighted by Crippen LogP contribution is 2.28. The fourth-order valence-corrected chi connectivity index (χ4v) is 2.68. The zero-order valence-electron chi connectivity index (χ0n) is 11.5. The number of nitrogens with zero attached hydrogens (tertiary/aromatic N) is 1. The van der Waals surface area contributed by atoms with Crippen LogP contribution < -0.4 is 0 Å². The Balaban J connectivity index is 2.05. The lowest BCUT2D eigenvalue weighted by atomic mass is 10.2. The second kappa shape index (κ2) is 5.37. The molecular formula is C17H17NO2. The van der Waals surface area contributed by atoms with Crippen LogP contribution in [0.2, 0.25) is 0 Å². The molecule has 0 unspecified atom stereocenters. The van der Waals surface area contributed by atoms with E-state index in [0.29, 0.717) is 19.6 Å². The van der Waals surface area contributed by atoms with Gasteiger partial charge in [0, 0.05) is 28.4 Å². The maximum atomic E-state index is 11.6. The van der Waals surface area contributed by atoms with Crippen LogP contribution in [0.15, 0.2) is 48.5 Å². The van der Waals surface area contributed by atoms with Crippen LogP contribution in [-0.4, -0.2) is 17.1 Å². The summed E-state index contributed by atoms with van der Waals surface area (Å²) < 4.78 is 7.21. The van der Waals surface area contributed by atoms with Crippen LogP contribution in [-0.2, 0) is 16.1 Å². The van der Waals surface area contributed by atoms with E-state index in [9.17, 15) is 4.79 Å². The summed E-state index contributed by atoms with van der Waals surface area (Å²) in [7, 11) is 0. The SMILES string of the molecule is CCOC(=O)CCn1c2ccccc2c2ccccc21. The molecule has 0 radical (unpaired) electrons. The smallest absolute Gasteiger partial charge is 0.307 e. The van der Waals surface area contributed by atoms with E-state index in [-0.39, 0.29) is 5.97 Å². The number of rotatable bonds is 4. The minimum absolute atomic E-state index is 0.144. The maximum absolute atomic E-state index is 11.6. The Kier molecular flexibility index (Phi) is 3.42. The zero-order valence-corrected chi connectivity index (χ0v) is 11.5. The number of benzene rings is 2. The van der Waals surface area contributed by atoms with Crippen molar-refractivity contribution < 1.29 is 9.53 Å². The van der Waals surface area contributed by atoms with Crippen molar-refractivity contribution in [2.75, 3.05) is 6.61 Å². The van der Waals surface area contributed by atoms with Crippen LogP contribution in [0, 0.1) is 0 Å². The minimum Gasteiger partial charge on any atom is -0.466 e. The predicted octanol–water partition coefficient (Wildman–Crippen LogP) is 3.75. The molecule has 0 fully saturated rings. The number of para-hydroxylation sites is 2. The summed E-state index contributed by atoms with van der Waals surface area (Å²) in [5, 5.41) is 2.46. The van der Waals surface area contributed by atoms with Crippen molar-refractivity contribution in [2.24, 2.45) is 0 Å².